The van der Waals surface area contributed by atoms with E-state index in [0.29, 0.717) is 37.8 Å². The average molecular weight is 527 g/mol. The molecule has 0 radical (unpaired) electrons. The molecule has 0 saturated carbocycles. The van der Waals surface area contributed by atoms with E-state index in [2.05, 4.69) is 12.2 Å². The van der Waals surface area contributed by atoms with Crippen molar-refractivity contribution in [1.29, 1.82) is 0 Å². The van der Waals surface area contributed by atoms with Gasteiger partial charge in [0.05, 0.1) is 17.0 Å². The number of hydrogen-bond donors (Lipinski definition) is 1. The van der Waals surface area contributed by atoms with Gasteiger partial charge in [0.25, 0.3) is 11.5 Å². The van der Waals surface area contributed by atoms with E-state index in [1.54, 1.807) is 18.3 Å². The number of thioether (sulfide) groups is 1. The van der Waals surface area contributed by atoms with Crippen molar-refractivity contribution in [2.24, 2.45) is 0 Å². The molecule has 0 bridgehead atoms. The van der Waals surface area contributed by atoms with Gasteiger partial charge in [0.15, 0.2) is 0 Å². The first-order valence-electron chi connectivity index (χ1n) is 11.6. The summed E-state index contributed by atoms with van der Waals surface area (Å²) in [6.45, 7) is 5.06. The zero-order valence-corrected chi connectivity index (χ0v) is 22.1. The van der Waals surface area contributed by atoms with Gasteiger partial charge < -0.3 is 5.32 Å². The summed E-state index contributed by atoms with van der Waals surface area (Å²) in [5, 5.41) is 3.90. The molecule has 1 N–H and O–H groups in total. The molecule has 1 aliphatic heterocycles. The summed E-state index contributed by atoms with van der Waals surface area (Å²) in [6.07, 6.45) is 7.76. The van der Waals surface area contributed by atoms with Crippen LogP contribution < -0.4 is 10.9 Å². The van der Waals surface area contributed by atoms with Gasteiger partial charge in [0, 0.05) is 17.8 Å². The van der Waals surface area contributed by atoms with Gasteiger partial charge in [0.1, 0.15) is 15.8 Å². The topological polar surface area (TPSA) is 66.7 Å². The number of aryl methyl sites for hydroxylation is 1. The molecule has 3 aromatic rings. The maximum Gasteiger partial charge on any atom is 0.267 e. The highest BCUT2D eigenvalue weighted by Crippen LogP contribution is 2.34. The quantitative estimate of drug-likeness (QED) is 0.208. The predicted molar refractivity (Wildman–Crippen MR) is 149 cm³/mol. The molecule has 0 atom stereocenters. The molecule has 1 aliphatic rings. The Labute approximate surface area is 219 Å². The third kappa shape index (κ3) is 5.77. The van der Waals surface area contributed by atoms with Gasteiger partial charge in [-0.05, 0) is 42.7 Å². The first kappa shape index (κ1) is 25.4. The highest BCUT2D eigenvalue weighted by atomic mass is 35.5. The van der Waals surface area contributed by atoms with Crippen LogP contribution in [0.2, 0.25) is 5.02 Å². The SMILES string of the molecule is CCCCCCNc1nc2ccc(C)cn2c(=O)c1/C=C1/SC(=S)N(Cc2ccccc2Cl)C1=O. The molecule has 9 heteroatoms. The van der Waals surface area contributed by atoms with Crippen molar-refractivity contribution in [3.63, 3.8) is 0 Å². The molecule has 35 heavy (non-hydrogen) atoms. The number of pyridine rings is 1. The number of aromatic nitrogens is 2. The van der Waals surface area contributed by atoms with Gasteiger partial charge in [-0.2, -0.15) is 0 Å². The number of carbonyl (C=O) groups excluding carboxylic acids is 1. The van der Waals surface area contributed by atoms with Crippen LogP contribution in [0, 0.1) is 6.92 Å². The lowest BCUT2D eigenvalue weighted by molar-refractivity contribution is -0.122. The van der Waals surface area contributed by atoms with Crippen molar-refractivity contribution < 1.29 is 4.79 Å². The van der Waals surface area contributed by atoms with Gasteiger partial charge in [0.2, 0.25) is 0 Å². The zero-order valence-electron chi connectivity index (χ0n) is 19.7. The number of hydrogen-bond acceptors (Lipinski definition) is 6. The van der Waals surface area contributed by atoms with Crippen LogP contribution in [0.1, 0.15) is 49.3 Å². The fourth-order valence-corrected chi connectivity index (χ4v) is 5.28. The lowest BCUT2D eigenvalue weighted by Crippen LogP contribution is -2.27. The van der Waals surface area contributed by atoms with Crippen molar-refractivity contribution in [3.8, 4) is 0 Å². The maximum atomic E-state index is 13.5. The third-order valence-electron chi connectivity index (χ3n) is 5.76. The Morgan fingerprint density at radius 2 is 1.94 bits per heavy atom. The summed E-state index contributed by atoms with van der Waals surface area (Å²) in [7, 11) is 0. The Balaban J connectivity index is 1.68. The molecule has 4 rings (SSSR count). The number of benzene rings is 1. The molecule has 0 aliphatic carbocycles. The monoisotopic (exact) mass is 526 g/mol. The molecule has 3 heterocycles. The van der Waals surface area contributed by atoms with E-state index in [1.807, 2.05) is 37.3 Å². The number of amides is 1. The third-order valence-corrected chi connectivity index (χ3v) is 7.51. The second-order valence-electron chi connectivity index (χ2n) is 8.46. The fourth-order valence-electron chi connectivity index (χ4n) is 3.85. The number of carbonyl (C=O) groups is 1. The lowest BCUT2D eigenvalue weighted by atomic mass is 10.2. The molecule has 1 fully saturated rings. The van der Waals surface area contributed by atoms with E-state index >= 15 is 0 Å². The van der Waals surface area contributed by atoms with Crippen LogP contribution in [0.4, 0.5) is 5.82 Å². The van der Waals surface area contributed by atoms with Crippen LogP contribution in [0.15, 0.2) is 52.3 Å². The molecule has 0 unspecified atom stereocenters. The largest absolute Gasteiger partial charge is 0.369 e. The highest BCUT2D eigenvalue weighted by Gasteiger charge is 2.33. The van der Waals surface area contributed by atoms with Gasteiger partial charge in [-0.1, -0.05) is 86.0 Å². The summed E-state index contributed by atoms with van der Waals surface area (Å²) >= 11 is 13.0. The first-order valence-corrected chi connectivity index (χ1v) is 13.2. The highest BCUT2D eigenvalue weighted by molar-refractivity contribution is 8.26. The van der Waals surface area contributed by atoms with E-state index in [9.17, 15) is 9.59 Å². The molecule has 1 amide bonds. The number of nitrogens with zero attached hydrogens (tertiary/aromatic N) is 3. The molecule has 1 aromatic carbocycles. The van der Waals surface area contributed by atoms with E-state index in [-0.39, 0.29) is 18.0 Å². The number of anilines is 1. The van der Waals surface area contributed by atoms with Crippen molar-refractivity contribution >= 4 is 63.3 Å². The van der Waals surface area contributed by atoms with Crippen LogP contribution in [-0.4, -0.2) is 31.1 Å². The Hall–Kier alpha value is -2.68. The van der Waals surface area contributed by atoms with Crippen LogP contribution >= 0.6 is 35.6 Å². The van der Waals surface area contributed by atoms with Crippen LogP contribution in [-0.2, 0) is 11.3 Å². The van der Waals surface area contributed by atoms with E-state index in [0.717, 1.165) is 36.8 Å². The molecule has 1 saturated heterocycles. The Bertz CT molecular complexity index is 1370. The second-order valence-corrected chi connectivity index (χ2v) is 10.5. The smallest absolute Gasteiger partial charge is 0.267 e. The summed E-state index contributed by atoms with van der Waals surface area (Å²) in [5.41, 5.74) is 2.43. The van der Waals surface area contributed by atoms with Crippen molar-refractivity contribution in [2.45, 2.75) is 46.1 Å². The molecule has 0 spiro atoms. The van der Waals surface area contributed by atoms with Gasteiger partial charge in [-0.15, -0.1) is 0 Å². The fraction of sp³-hybridized carbons (Fsp3) is 0.308. The number of nitrogens with one attached hydrogen (secondary N) is 1. The number of rotatable bonds is 9. The Kier molecular flexibility index (Phi) is 8.26. The normalized spacial score (nSPS) is 14.9. The second kappa shape index (κ2) is 11.4. The van der Waals surface area contributed by atoms with E-state index < -0.39 is 0 Å². The van der Waals surface area contributed by atoms with Crippen molar-refractivity contribution in [2.75, 3.05) is 11.9 Å². The van der Waals surface area contributed by atoms with Gasteiger partial charge >= 0.3 is 0 Å². The number of halogens is 1. The van der Waals surface area contributed by atoms with Crippen LogP contribution in [0.3, 0.4) is 0 Å². The maximum absolute atomic E-state index is 13.5. The average Bonchev–Trinajstić information content (AvgIpc) is 3.10. The molecular weight excluding hydrogens is 500 g/mol. The molecule has 2 aromatic heterocycles. The van der Waals surface area contributed by atoms with Crippen molar-refractivity contribution in [3.05, 3.63) is 79.6 Å². The van der Waals surface area contributed by atoms with Crippen molar-refractivity contribution in [1.82, 2.24) is 14.3 Å². The summed E-state index contributed by atoms with van der Waals surface area (Å²) in [6, 6.07) is 11.1. The van der Waals surface area contributed by atoms with Crippen LogP contribution in [0.5, 0.6) is 0 Å². The summed E-state index contributed by atoms with van der Waals surface area (Å²) in [4.78, 5) is 33.4. The number of unbranched alkanes of at least 4 members (excludes halogenated alkanes) is 3. The van der Waals surface area contributed by atoms with Crippen LogP contribution in [0.25, 0.3) is 11.7 Å². The minimum Gasteiger partial charge on any atom is -0.369 e. The minimum atomic E-state index is -0.248. The lowest BCUT2D eigenvalue weighted by Gasteiger charge is -2.15. The van der Waals surface area contributed by atoms with E-state index in [4.69, 9.17) is 28.8 Å². The Morgan fingerprint density at radius 1 is 1.14 bits per heavy atom. The first-order chi connectivity index (χ1) is 16.9. The number of fused-ring (bicyclic) bond motifs is 1. The standard InChI is InChI=1S/C26H27ClN4O2S2/c1-3-4-5-8-13-28-23-19(24(32)30-15-17(2)11-12-22(30)29-23)14-21-25(33)31(26(34)35-21)16-18-9-6-7-10-20(18)27/h6-7,9-12,14-15,28H,3-5,8,13,16H2,1-2H3/b21-14+. The summed E-state index contributed by atoms with van der Waals surface area (Å²) < 4.78 is 1.95. The van der Waals surface area contributed by atoms with Gasteiger partial charge in [-0.3, -0.25) is 18.9 Å². The molecule has 182 valence electrons. The summed E-state index contributed by atoms with van der Waals surface area (Å²) in [5.74, 6) is 0.231. The van der Waals surface area contributed by atoms with E-state index in [1.165, 1.54) is 21.1 Å². The van der Waals surface area contributed by atoms with Gasteiger partial charge in [-0.25, -0.2) is 4.98 Å². The minimum absolute atomic E-state index is 0.230. The zero-order chi connectivity index (χ0) is 24.9. The predicted octanol–water partition coefficient (Wildman–Crippen LogP) is 6.05. The Morgan fingerprint density at radius 3 is 2.71 bits per heavy atom. The molecule has 6 nitrogen and oxygen atoms in total. The number of thiocarbonyl (C=S) groups is 1. The molecular formula is C26H27ClN4O2S2.